The first-order valence-electron chi connectivity index (χ1n) is 8.98. The molecule has 0 bridgehead atoms. The molecule has 3 rings (SSSR count). The maximum absolute atomic E-state index is 5.68. The molecule has 0 aliphatic carbocycles. The summed E-state index contributed by atoms with van der Waals surface area (Å²) < 4.78 is 5.68. The van der Waals surface area contributed by atoms with Gasteiger partial charge in [0.15, 0.2) is 5.96 Å². The van der Waals surface area contributed by atoms with Gasteiger partial charge in [-0.2, -0.15) is 0 Å². The van der Waals surface area contributed by atoms with Gasteiger partial charge < -0.3 is 20.4 Å². The first-order valence-corrected chi connectivity index (χ1v) is 8.98. The molecule has 1 aromatic heterocycles. The van der Waals surface area contributed by atoms with E-state index in [1.165, 1.54) is 22.0 Å². The van der Waals surface area contributed by atoms with Gasteiger partial charge in [0.1, 0.15) is 0 Å². The fraction of sp³-hybridized carbons (Fsp3) is 0.286. The Labute approximate surface area is 177 Å². The maximum Gasteiger partial charge on any atom is 0.191 e. The standard InChI is InChI=1S/C21H26N4O.HI/c1-22-21(24-13-14-26-16-17-7-3-2-4-8-17)23-12-11-18-15-25-20-10-6-5-9-19(18)20;/h2-10,15,25H,11-14,16H2,1H3,(H2,22,23,24);1H. The molecule has 6 heteroatoms. The highest BCUT2D eigenvalue weighted by Crippen LogP contribution is 2.17. The van der Waals surface area contributed by atoms with Gasteiger partial charge in [0.25, 0.3) is 0 Å². The molecule has 0 saturated carbocycles. The number of halogens is 1. The van der Waals surface area contributed by atoms with Crippen LogP contribution in [0.5, 0.6) is 0 Å². The molecule has 3 N–H and O–H groups in total. The van der Waals surface area contributed by atoms with Crippen molar-refractivity contribution < 1.29 is 4.74 Å². The third-order valence-corrected chi connectivity index (χ3v) is 4.24. The number of aliphatic imine (C=N–C) groups is 1. The molecule has 0 aliphatic heterocycles. The molecule has 0 saturated heterocycles. The number of fused-ring (bicyclic) bond motifs is 1. The van der Waals surface area contributed by atoms with E-state index in [4.69, 9.17) is 4.74 Å². The summed E-state index contributed by atoms with van der Waals surface area (Å²) in [5, 5.41) is 7.91. The Morgan fingerprint density at radius 1 is 1.00 bits per heavy atom. The number of hydrogen-bond acceptors (Lipinski definition) is 2. The van der Waals surface area contributed by atoms with Gasteiger partial charge in [-0.3, -0.25) is 4.99 Å². The summed E-state index contributed by atoms with van der Waals surface area (Å²) in [4.78, 5) is 7.57. The molecule has 5 nitrogen and oxygen atoms in total. The molecule has 27 heavy (non-hydrogen) atoms. The number of H-pyrrole nitrogens is 1. The quantitative estimate of drug-likeness (QED) is 0.200. The summed E-state index contributed by atoms with van der Waals surface area (Å²) in [6.07, 6.45) is 3.02. The van der Waals surface area contributed by atoms with Crippen LogP contribution in [0.25, 0.3) is 10.9 Å². The number of benzene rings is 2. The molecular weight excluding hydrogens is 451 g/mol. The first kappa shape index (κ1) is 21.2. The van der Waals surface area contributed by atoms with E-state index in [0.29, 0.717) is 13.2 Å². The van der Waals surface area contributed by atoms with E-state index < -0.39 is 0 Å². The Morgan fingerprint density at radius 3 is 2.56 bits per heavy atom. The van der Waals surface area contributed by atoms with Crippen LogP contribution in [0, 0.1) is 0 Å². The Hall–Kier alpha value is -2.06. The highest BCUT2D eigenvalue weighted by atomic mass is 127. The van der Waals surface area contributed by atoms with Crippen LogP contribution in [-0.2, 0) is 17.8 Å². The van der Waals surface area contributed by atoms with Crippen LogP contribution in [-0.4, -0.2) is 37.7 Å². The molecule has 3 aromatic rings. The number of aromatic nitrogens is 1. The van der Waals surface area contributed by atoms with Crippen LogP contribution in [0.3, 0.4) is 0 Å². The summed E-state index contributed by atoms with van der Waals surface area (Å²) in [6.45, 7) is 2.82. The van der Waals surface area contributed by atoms with E-state index in [1.54, 1.807) is 7.05 Å². The fourth-order valence-corrected chi connectivity index (χ4v) is 2.88. The fourth-order valence-electron chi connectivity index (χ4n) is 2.88. The van der Waals surface area contributed by atoms with Crippen molar-refractivity contribution in [3.8, 4) is 0 Å². The number of aromatic amines is 1. The molecule has 0 spiro atoms. The number of nitrogens with zero attached hydrogens (tertiary/aromatic N) is 1. The highest BCUT2D eigenvalue weighted by molar-refractivity contribution is 14.0. The maximum atomic E-state index is 5.68. The molecule has 0 fully saturated rings. The van der Waals surface area contributed by atoms with Gasteiger partial charge in [0.2, 0.25) is 0 Å². The van der Waals surface area contributed by atoms with Crippen molar-refractivity contribution in [1.82, 2.24) is 15.6 Å². The van der Waals surface area contributed by atoms with Crippen LogP contribution in [0.2, 0.25) is 0 Å². The zero-order valence-electron chi connectivity index (χ0n) is 15.6. The van der Waals surface area contributed by atoms with Gasteiger partial charge in [-0.25, -0.2) is 0 Å². The zero-order valence-corrected chi connectivity index (χ0v) is 17.9. The summed E-state index contributed by atoms with van der Waals surface area (Å²) in [5.41, 5.74) is 3.68. The van der Waals surface area contributed by atoms with E-state index in [1.807, 2.05) is 24.3 Å². The van der Waals surface area contributed by atoms with Crippen LogP contribution in [0.15, 0.2) is 65.8 Å². The van der Waals surface area contributed by atoms with Crippen LogP contribution in [0.1, 0.15) is 11.1 Å². The van der Waals surface area contributed by atoms with Crippen molar-refractivity contribution >= 4 is 40.8 Å². The lowest BCUT2D eigenvalue weighted by Crippen LogP contribution is -2.39. The number of rotatable bonds is 8. The van der Waals surface area contributed by atoms with Crippen molar-refractivity contribution in [3.63, 3.8) is 0 Å². The van der Waals surface area contributed by atoms with Crippen molar-refractivity contribution in [2.24, 2.45) is 4.99 Å². The number of ether oxygens (including phenoxy) is 1. The minimum absolute atomic E-state index is 0. The first-order chi connectivity index (χ1) is 12.9. The predicted molar refractivity (Wildman–Crippen MR) is 123 cm³/mol. The van der Waals surface area contributed by atoms with Crippen LogP contribution in [0.4, 0.5) is 0 Å². The lowest BCUT2D eigenvalue weighted by atomic mass is 10.1. The minimum Gasteiger partial charge on any atom is -0.375 e. The Morgan fingerprint density at radius 2 is 1.74 bits per heavy atom. The van der Waals surface area contributed by atoms with Crippen molar-refractivity contribution in [3.05, 3.63) is 71.9 Å². The lowest BCUT2D eigenvalue weighted by Gasteiger charge is -2.12. The second-order valence-corrected chi connectivity index (χ2v) is 6.07. The Bertz CT molecular complexity index is 832. The summed E-state index contributed by atoms with van der Waals surface area (Å²) in [6, 6.07) is 18.6. The topological polar surface area (TPSA) is 61.4 Å². The molecule has 0 aliphatic rings. The van der Waals surface area contributed by atoms with Gasteiger partial charge in [-0.15, -0.1) is 24.0 Å². The van der Waals surface area contributed by atoms with Crippen LogP contribution >= 0.6 is 24.0 Å². The van der Waals surface area contributed by atoms with Crippen molar-refractivity contribution in [1.29, 1.82) is 0 Å². The molecule has 0 amide bonds. The van der Waals surface area contributed by atoms with Gasteiger partial charge in [-0.1, -0.05) is 48.5 Å². The lowest BCUT2D eigenvalue weighted by molar-refractivity contribution is 0.125. The monoisotopic (exact) mass is 478 g/mol. The highest BCUT2D eigenvalue weighted by Gasteiger charge is 2.03. The number of hydrogen-bond donors (Lipinski definition) is 3. The van der Waals surface area contributed by atoms with E-state index in [-0.39, 0.29) is 24.0 Å². The zero-order chi connectivity index (χ0) is 18.0. The van der Waals surface area contributed by atoms with E-state index in [2.05, 4.69) is 57.1 Å². The average molecular weight is 478 g/mol. The summed E-state index contributed by atoms with van der Waals surface area (Å²) in [7, 11) is 1.78. The number of guanidine groups is 1. The van der Waals surface area contributed by atoms with Crippen LogP contribution < -0.4 is 10.6 Å². The van der Waals surface area contributed by atoms with Gasteiger partial charge in [0, 0.05) is 37.2 Å². The SMILES string of the molecule is CN=C(NCCOCc1ccccc1)NCCc1c[nH]c2ccccc12.I. The van der Waals surface area contributed by atoms with E-state index in [9.17, 15) is 0 Å². The third kappa shape index (κ3) is 6.55. The molecule has 0 radical (unpaired) electrons. The largest absolute Gasteiger partial charge is 0.375 e. The second kappa shape index (κ2) is 11.6. The Balaban J connectivity index is 0.00000261. The number of nitrogens with one attached hydrogen (secondary N) is 3. The summed E-state index contributed by atoms with van der Waals surface area (Å²) in [5.74, 6) is 0.799. The van der Waals surface area contributed by atoms with Gasteiger partial charge >= 0.3 is 0 Å². The molecule has 2 aromatic carbocycles. The number of para-hydroxylation sites is 1. The molecule has 0 unspecified atom stereocenters. The molecular formula is C21H27IN4O. The minimum atomic E-state index is 0. The second-order valence-electron chi connectivity index (χ2n) is 6.07. The smallest absolute Gasteiger partial charge is 0.191 e. The molecule has 144 valence electrons. The van der Waals surface area contributed by atoms with E-state index in [0.717, 1.165) is 25.5 Å². The van der Waals surface area contributed by atoms with Gasteiger partial charge in [-0.05, 0) is 23.6 Å². The van der Waals surface area contributed by atoms with E-state index >= 15 is 0 Å². The predicted octanol–water partition coefficient (Wildman–Crippen LogP) is 3.71. The van der Waals surface area contributed by atoms with Crippen molar-refractivity contribution in [2.45, 2.75) is 13.0 Å². The third-order valence-electron chi connectivity index (χ3n) is 4.24. The Kier molecular flexibility index (Phi) is 9.13. The summed E-state index contributed by atoms with van der Waals surface area (Å²) >= 11 is 0. The van der Waals surface area contributed by atoms with Gasteiger partial charge in [0.05, 0.1) is 13.2 Å². The normalized spacial score (nSPS) is 11.2. The van der Waals surface area contributed by atoms with Crippen molar-refractivity contribution in [2.75, 3.05) is 26.7 Å². The average Bonchev–Trinajstić information content (AvgIpc) is 3.10. The molecule has 0 atom stereocenters. The molecule has 1 heterocycles.